The van der Waals surface area contributed by atoms with Crippen molar-refractivity contribution < 1.29 is 0 Å². The zero-order valence-corrected chi connectivity index (χ0v) is 10.3. The van der Waals surface area contributed by atoms with Gasteiger partial charge in [-0.05, 0) is 25.1 Å². The van der Waals surface area contributed by atoms with Gasteiger partial charge in [-0.1, -0.05) is 13.8 Å². The van der Waals surface area contributed by atoms with Crippen molar-refractivity contribution in [2.75, 3.05) is 12.3 Å². The van der Waals surface area contributed by atoms with Crippen LogP contribution in [-0.4, -0.2) is 27.5 Å². The molecule has 0 amide bonds. The van der Waals surface area contributed by atoms with Crippen LogP contribution in [0.2, 0.25) is 0 Å². The highest BCUT2D eigenvalue weighted by molar-refractivity contribution is 5.72. The van der Waals surface area contributed by atoms with Crippen LogP contribution in [0.15, 0.2) is 12.1 Å². The molecule has 5 heteroatoms. The molecule has 0 bridgehead atoms. The van der Waals surface area contributed by atoms with E-state index in [4.69, 9.17) is 5.73 Å². The molecule has 2 rings (SSSR count). The van der Waals surface area contributed by atoms with E-state index in [2.05, 4.69) is 34.1 Å². The van der Waals surface area contributed by atoms with Gasteiger partial charge in [-0.3, -0.25) is 0 Å². The number of rotatable bonds is 5. The molecule has 0 unspecified atom stereocenters. The molecule has 0 saturated carbocycles. The van der Waals surface area contributed by atoms with Crippen LogP contribution in [0.5, 0.6) is 0 Å². The smallest absolute Gasteiger partial charge is 0.179 e. The van der Waals surface area contributed by atoms with Crippen molar-refractivity contribution in [3.63, 3.8) is 0 Å². The molecule has 0 aliphatic heterocycles. The van der Waals surface area contributed by atoms with Crippen molar-refractivity contribution in [2.45, 2.75) is 32.7 Å². The number of hydrogen-bond donors (Lipinski definition) is 3. The standard InChI is InChI=1S/C12H19N5/c1-8(2)14-7-3-4-11-15-9-5-6-10(13)16-12(9)17-11/h5-6,8,14H,3-4,7H2,1-2H3,(H3,13,15,16,17). The summed E-state index contributed by atoms with van der Waals surface area (Å²) in [5.41, 5.74) is 7.27. The summed E-state index contributed by atoms with van der Waals surface area (Å²) >= 11 is 0. The van der Waals surface area contributed by atoms with Gasteiger partial charge in [-0.25, -0.2) is 9.97 Å². The summed E-state index contributed by atoms with van der Waals surface area (Å²) in [4.78, 5) is 11.8. The third-order valence-corrected chi connectivity index (χ3v) is 2.56. The first kappa shape index (κ1) is 11.9. The minimum absolute atomic E-state index is 0.511. The molecular formula is C12H19N5. The molecular weight excluding hydrogens is 214 g/mol. The summed E-state index contributed by atoms with van der Waals surface area (Å²) in [7, 11) is 0. The van der Waals surface area contributed by atoms with E-state index in [9.17, 15) is 0 Å². The van der Waals surface area contributed by atoms with Crippen molar-refractivity contribution in [3.05, 3.63) is 18.0 Å². The first-order chi connectivity index (χ1) is 8.15. The van der Waals surface area contributed by atoms with Gasteiger partial charge in [0.15, 0.2) is 5.65 Å². The molecule has 0 fully saturated rings. The van der Waals surface area contributed by atoms with Crippen LogP contribution in [0.3, 0.4) is 0 Å². The topological polar surface area (TPSA) is 79.6 Å². The fraction of sp³-hybridized carbons (Fsp3) is 0.500. The second kappa shape index (κ2) is 5.14. The summed E-state index contributed by atoms with van der Waals surface area (Å²) in [5, 5.41) is 3.38. The van der Waals surface area contributed by atoms with Crippen LogP contribution in [0.1, 0.15) is 26.1 Å². The Labute approximate surface area is 101 Å². The molecule has 92 valence electrons. The van der Waals surface area contributed by atoms with E-state index in [0.29, 0.717) is 17.5 Å². The van der Waals surface area contributed by atoms with Gasteiger partial charge < -0.3 is 16.0 Å². The zero-order valence-electron chi connectivity index (χ0n) is 10.3. The Hall–Kier alpha value is -1.62. The Bertz CT molecular complexity index is 489. The van der Waals surface area contributed by atoms with E-state index in [1.165, 1.54) is 0 Å². The number of nitrogens with one attached hydrogen (secondary N) is 2. The number of anilines is 1. The highest BCUT2D eigenvalue weighted by Crippen LogP contribution is 2.11. The van der Waals surface area contributed by atoms with Crippen LogP contribution in [0.25, 0.3) is 11.2 Å². The van der Waals surface area contributed by atoms with Gasteiger partial charge in [0.05, 0.1) is 5.52 Å². The number of fused-ring (bicyclic) bond motifs is 1. The first-order valence-corrected chi connectivity index (χ1v) is 5.99. The molecule has 17 heavy (non-hydrogen) atoms. The Morgan fingerprint density at radius 3 is 2.94 bits per heavy atom. The fourth-order valence-electron chi connectivity index (χ4n) is 1.72. The number of aromatic amines is 1. The largest absolute Gasteiger partial charge is 0.384 e. The second-order valence-electron chi connectivity index (χ2n) is 4.50. The molecule has 0 radical (unpaired) electrons. The summed E-state index contributed by atoms with van der Waals surface area (Å²) in [5.74, 6) is 1.49. The van der Waals surface area contributed by atoms with Gasteiger partial charge in [-0.2, -0.15) is 0 Å². The quantitative estimate of drug-likeness (QED) is 0.683. The Morgan fingerprint density at radius 1 is 1.35 bits per heavy atom. The summed E-state index contributed by atoms with van der Waals surface area (Å²) < 4.78 is 0. The lowest BCUT2D eigenvalue weighted by molar-refractivity contribution is 0.567. The van der Waals surface area contributed by atoms with Crippen LogP contribution >= 0.6 is 0 Å². The minimum atomic E-state index is 0.511. The van der Waals surface area contributed by atoms with Crippen molar-refractivity contribution in [1.29, 1.82) is 0 Å². The van der Waals surface area contributed by atoms with Crippen LogP contribution in [0, 0.1) is 0 Å². The number of aromatic nitrogens is 3. The molecule has 0 spiro atoms. The number of pyridine rings is 1. The maximum absolute atomic E-state index is 5.61. The molecule has 2 aromatic heterocycles. The van der Waals surface area contributed by atoms with Gasteiger partial charge in [-0.15, -0.1) is 0 Å². The Balaban J connectivity index is 1.95. The van der Waals surface area contributed by atoms with Crippen LogP contribution in [0.4, 0.5) is 5.82 Å². The molecule has 0 saturated heterocycles. The van der Waals surface area contributed by atoms with E-state index in [1.54, 1.807) is 6.07 Å². The number of imidazole rings is 1. The van der Waals surface area contributed by atoms with E-state index in [0.717, 1.165) is 30.7 Å². The lowest BCUT2D eigenvalue weighted by Crippen LogP contribution is -2.24. The molecule has 0 aliphatic carbocycles. The number of nitrogens with zero attached hydrogens (tertiary/aromatic N) is 2. The van der Waals surface area contributed by atoms with E-state index < -0.39 is 0 Å². The fourth-order valence-corrected chi connectivity index (χ4v) is 1.72. The molecule has 4 N–H and O–H groups in total. The second-order valence-corrected chi connectivity index (χ2v) is 4.50. The Morgan fingerprint density at radius 2 is 2.18 bits per heavy atom. The number of nitrogen functional groups attached to an aromatic ring is 1. The third-order valence-electron chi connectivity index (χ3n) is 2.56. The van der Waals surface area contributed by atoms with E-state index in [-0.39, 0.29) is 0 Å². The SMILES string of the molecule is CC(C)NCCCc1nc2nc(N)ccc2[nH]1. The average molecular weight is 233 g/mol. The number of aryl methyl sites for hydroxylation is 1. The maximum Gasteiger partial charge on any atom is 0.179 e. The molecule has 2 heterocycles. The van der Waals surface area contributed by atoms with Gasteiger partial charge in [0.25, 0.3) is 0 Å². The Kier molecular flexibility index (Phi) is 3.58. The normalized spacial score (nSPS) is 11.5. The molecule has 0 aliphatic rings. The maximum atomic E-state index is 5.61. The minimum Gasteiger partial charge on any atom is -0.384 e. The number of nitrogens with two attached hydrogens (primary N) is 1. The molecule has 0 aromatic carbocycles. The summed E-state index contributed by atoms with van der Waals surface area (Å²) in [6.45, 7) is 5.30. The van der Waals surface area contributed by atoms with Gasteiger partial charge in [0.2, 0.25) is 0 Å². The van der Waals surface area contributed by atoms with E-state index >= 15 is 0 Å². The highest BCUT2D eigenvalue weighted by atomic mass is 15.0. The average Bonchev–Trinajstić information content (AvgIpc) is 2.66. The van der Waals surface area contributed by atoms with Gasteiger partial charge in [0.1, 0.15) is 11.6 Å². The lowest BCUT2D eigenvalue weighted by atomic mass is 10.3. The predicted molar refractivity (Wildman–Crippen MR) is 69.8 cm³/mol. The number of hydrogen-bond acceptors (Lipinski definition) is 4. The summed E-state index contributed by atoms with van der Waals surface area (Å²) in [6.07, 6.45) is 1.99. The highest BCUT2D eigenvalue weighted by Gasteiger charge is 2.04. The van der Waals surface area contributed by atoms with Crippen LogP contribution in [-0.2, 0) is 6.42 Å². The first-order valence-electron chi connectivity index (χ1n) is 5.99. The predicted octanol–water partition coefficient (Wildman–Crippen LogP) is 1.47. The summed E-state index contributed by atoms with van der Waals surface area (Å²) in [6, 6.07) is 4.23. The van der Waals surface area contributed by atoms with Gasteiger partial charge >= 0.3 is 0 Å². The van der Waals surface area contributed by atoms with Crippen molar-refractivity contribution in [3.8, 4) is 0 Å². The van der Waals surface area contributed by atoms with Crippen LogP contribution < -0.4 is 11.1 Å². The van der Waals surface area contributed by atoms with Crippen molar-refractivity contribution >= 4 is 17.0 Å². The van der Waals surface area contributed by atoms with Gasteiger partial charge in [0, 0.05) is 12.5 Å². The lowest BCUT2D eigenvalue weighted by Gasteiger charge is -2.06. The molecule has 5 nitrogen and oxygen atoms in total. The monoisotopic (exact) mass is 233 g/mol. The van der Waals surface area contributed by atoms with Crippen molar-refractivity contribution in [1.82, 2.24) is 20.3 Å². The number of H-pyrrole nitrogens is 1. The van der Waals surface area contributed by atoms with Crippen molar-refractivity contribution in [2.24, 2.45) is 0 Å². The van der Waals surface area contributed by atoms with E-state index in [1.807, 2.05) is 6.07 Å². The zero-order chi connectivity index (χ0) is 12.3. The molecule has 0 atom stereocenters. The molecule has 2 aromatic rings. The third kappa shape index (κ3) is 3.17.